The molecule has 3 heteroatoms. The third-order valence-electron chi connectivity index (χ3n) is 3.05. The van der Waals surface area contributed by atoms with Crippen molar-refractivity contribution in [1.29, 1.82) is 0 Å². The predicted molar refractivity (Wildman–Crippen MR) is 86.0 cm³/mol. The van der Waals surface area contributed by atoms with E-state index in [1.54, 1.807) is 6.08 Å². The summed E-state index contributed by atoms with van der Waals surface area (Å²) in [4.78, 5) is 4.61. The van der Waals surface area contributed by atoms with Crippen LogP contribution in [0.15, 0.2) is 79.4 Å². The van der Waals surface area contributed by atoms with E-state index < -0.39 is 0 Å². The monoisotopic (exact) mass is 273 g/mol. The maximum atomic E-state index is 4.62. The van der Waals surface area contributed by atoms with Gasteiger partial charge in [-0.3, -0.25) is 0 Å². The summed E-state index contributed by atoms with van der Waals surface area (Å²) in [6, 6.07) is 19.9. The first-order valence-corrected chi connectivity index (χ1v) is 6.75. The minimum atomic E-state index is 0.711. The molecule has 0 aliphatic heterocycles. The molecular formula is C18H15N3. The average molecular weight is 273 g/mol. The summed E-state index contributed by atoms with van der Waals surface area (Å²) in [6.45, 7) is 3.70. The Balaban J connectivity index is 2.12. The standard InChI is InChI=1S/C18H15N3/c1-2-3-14-17-19-18(15-10-6-4-7-11-15)20-21(17)16-12-8-5-9-13-16/h2-14H,1H2/b14-3-. The topological polar surface area (TPSA) is 30.7 Å². The van der Waals surface area contributed by atoms with E-state index in [9.17, 15) is 0 Å². The summed E-state index contributed by atoms with van der Waals surface area (Å²) < 4.78 is 1.84. The van der Waals surface area contributed by atoms with Gasteiger partial charge in [-0.2, -0.15) is 0 Å². The van der Waals surface area contributed by atoms with Gasteiger partial charge in [0.25, 0.3) is 0 Å². The molecule has 0 unspecified atom stereocenters. The normalized spacial score (nSPS) is 10.9. The Labute approximate surface area is 123 Å². The molecule has 21 heavy (non-hydrogen) atoms. The Morgan fingerprint density at radius 2 is 1.57 bits per heavy atom. The molecule has 1 aromatic heterocycles. The van der Waals surface area contributed by atoms with Crippen molar-refractivity contribution in [2.75, 3.05) is 0 Å². The molecule has 0 saturated heterocycles. The van der Waals surface area contributed by atoms with Gasteiger partial charge in [-0.05, 0) is 18.2 Å². The Kier molecular flexibility index (Phi) is 3.74. The molecule has 2 aromatic carbocycles. The molecule has 0 aliphatic rings. The quantitative estimate of drug-likeness (QED) is 0.669. The van der Waals surface area contributed by atoms with Crippen molar-refractivity contribution in [3.63, 3.8) is 0 Å². The second kappa shape index (κ2) is 6.01. The van der Waals surface area contributed by atoms with Crippen LogP contribution >= 0.6 is 0 Å². The number of hydrogen-bond acceptors (Lipinski definition) is 2. The van der Waals surface area contributed by atoms with Crippen LogP contribution in [0.25, 0.3) is 23.2 Å². The molecule has 0 radical (unpaired) electrons. The Morgan fingerprint density at radius 1 is 0.905 bits per heavy atom. The SMILES string of the molecule is C=C/C=C\c1nc(-c2ccccc2)nn1-c1ccccc1. The molecule has 1 heterocycles. The van der Waals surface area contributed by atoms with Gasteiger partial charge in [0.05, 0.1) is 5.69 Å². The van der Waals surface area contributed by atoms with Crippen molar-refractivity contribution in [2.24, 2.45) is 0 Å². The number of hydrogen-bond donors (Lipinski definition) is 0. The molecule has 0 aliphatic carbocycles. The van der Waals surface area contributed by atoms with Gasteiger partial charge < -0.3 is 0 Å². The lowest BCUT2D eigenvalue weighted by Crippen LogP contribution is -1.98. The fourth-order valence-electron chi connectivity index (χ4n) is 2.05. The number of aromatic nitrogens is 3. The van der Waals surface area contributed by atoms with E-state index in [-0.39, 0.29) is 0 Å². The van der Waals surface area contributed by atoms with Crippen LogP contribution in [0.3, 0.4) is 0 Å². The first kappa shape index (κ1) is 13.1. The number of allylic oxidation sites excluding steroid dienone is 2. The van der Waals surface area contributed by atoms with Crippen LogP contribution in [0.4, 0.5) is 0 Å². The molecule has 0 amide bonds. The summed E-state index contributed by atoms with van der Waals surface area (Å²) in [6.07, 6.45) is 5.49. The molecule has 0 N–H and O–H groups in total. The van der Waals surface area contributed by atoms with Crippen LogP contribution in [0.2, 0.25) is 0 Å². The van der Waals surface area contributed by atoms with E-state index in [1.165, 1.54) is 0 Å². The minimum absolute atomic E-state index is 0.711. The fraction of sp³-hybridized carbons (Fsp3) is 0. The minimum Gasteiger partial charge on any atom is -0.213 e. The number of para-hydroxylation sites is 1. The molecule has 102 valence electrons. The highest BCUT2D eigenvalue weighted by molar-refractivity contribution is 5.58. The van der Waals surface area contributed by atoms with E-state index in [0.717, 1.165) is 17.1 Å². The molecule has 3 nitrogen and oxygen atoms in total. The van der Waals surface area contributed by atoms with Gasteiger partial charge in [-0.15, -0.1) is 5.10 Å². The van der Waals surface area contributed by atoms with E-state index in [0.29, 0.717) is 5.82 Å². The Bertz CT molecular complexity index is 756. The second-order valence-corrected chi connectivity index (χ2v) is 4.50. The molecular weight excluding hydrogens is 258 g/mol. The van der Waals surface area contributed by atoms with Crippen LogP contribution < -0.4 is 0 Å². The van der Waals surface area contributed by atoms with Crippen LogP contribution in [-0.4, -0.2) is 14.8 Å². The third kappa shape index (κ3) is 2.82. The summed E-state index contributed by atoms with van der Waals surface area (Å²) in [5.74, 6) is 1.49. The summed E-state index contributed by atoms with van der Waals surface area (Å²) in [5, 5.41) is 4.62. The average Bonchev–Trinajstić information content (AvgIpc) is 2.99. The van der Waals surface area contributed by atoms with E-state index in [1.807, 2.05) is 77.5 Å². The van der Waals surface area contributed by atoms with Crippen LogP contribution in [0, 0.1) is 0 Å². The van der Waals surface area contributed by atoms with Gasteiger partial charge in [0, 0.05) is 5.56 Å². The van der Waals surface area contributed by atoms with Crippen LogP contribution in [0.5, 0.6) is 0 Å². The molecule has 3 rings (SSSR count). The Morgan fingerprint density at radius 3 is 2.24 bits per heavy atom. The van der Waals surface area contributed by atoms with Crippen molar-refractivity contribution in [2.45, 2.75) is 0 Å². The van der Waals surface area contributed by atoms with Crippen molar-refractivity contribution in [3.05, 3.63) is 85.2 Å². The largest absolute Gasteiger partial charge is 0.213 e. The molecule has 0 spiro atoms. The highest BCUT2D eigenvalue weighted by Gasteiger charge is 2.10. The lowest BCUT2D eigenvalue weighted by molar-refractivity contribution is 0.871. The fourth-order valence-corrected chi connectivity index (χ4v) is 2.05. The maximum absolute atomic E-state index is 4.62. The smallest absolute Gasteiger partial charge is 0.182 e. The second-order valence-electron chi connectivity index (χ2n) is 4.50. The summed E-state index contributed by atoms with van der Waals surface area (Å²) in [5.41, 5.74) is 1.98. The number of nitrogens with zero attached hydrogens (tertiary/aromatic N) is 3. The van der Waals surface area contributed by atoms with E-state index in [4.69, 9.17) is 0 Å². The Hall–Kier alpha value is -2.94. The lowest BCUT2D eigenvalue weighted by atomic mass is 10.2. The van der Waals surface area contributed by atoms with Crippen LogP contribution in [-0.2, 0) is 0 Å². The first-order valence-electron chi connectivity index (χ1n) is 6.75. The van der Waals surface area contributed by atoms with Gasteiger partial charge in [0.15, 0.2) is 11.6 Å². The highest BCUT2D eigenvalue weighted by atomic mass is 15.3. The van der Waals surface area contributed by atoms with Crippen molar-refractivity contribution in [1.82, 2.24) is 14.8 Å². The van der Waals surface area contributed by atoms with Gasteiger partial charge >= 0.3 is 0 Å². The van der Waals surface area contributed by atoms with Gasteiger partial charge in [-0.25, -0.2) is 9.67 Å². The predicted octanol–water partition coefficient (Wildman–Crippen LogP) is 4.13. The van der Waals surface area contributed by atoms with Crippen molar-refractivity contribution in [3.8, 4) is 17.1 Å². The molecule has 0 saturated carbocycles. The van der Waals surface area contributed by atoms with Crippen molar-refractivity contribution >= 4 is 6.08 Å². The lowest BCUT2D eigenvalue weighted by Gasteiger charge is -2.01. The zero-order valence-corrected chi connectivity index (χ0v) is 11.6. The maximum Gasteiger partial charge on any atom is 0.182 e. The van der Waals surface area contributed by atoms with Gasteiger partial charge in [0.1, 0.15) is 0 Å². The zero-order valence-electron chi connectivity index (χ0n) is 11.6. The first-order chi connectivity index (χ1) is 10.4. The zero-order chi connectivity index (χ0) is 14.5. The van der Waals surface area contributed by atoms with Crippen molar-refractivity contribution < 1.29 is 0 Å². The van der Waals surface area contributed by atoms with Gasteiger partial charge in [-0.1, -0.05) is 67.3 Å². The summed E-state index contributed by atoms with van der Waals surface area (Å²) >= 11 is 0. The third-order valence-corrected chi connectivity index (χ3v) is 3.05. The molecule has 0 atom stereocenters. The van der Waals surface area contributed by atoms with E-state index in [2.05, 4.69) is 16.7 Å². The molecule has 0 fully saturated rings. The molecule has 3 aromatic rings. The molecule has 0 bridgehead atoms. The number of rotatable bonds is 4. The van der Waals surface area contributed by atoms with Crippen LogP contribution in [0.1, 0.15) is 5.82 Å². The summed E-state index contributed by atoms with van der Waals surface area (Å²) in [7, 11) is 0. The van der Waals surface area contributed by atoms with E-state index >= 15 is 0 Å². The van der Waals surface area contributed by atoms with Gasteiger partial charge in [0.2, 0.25) is 0 Å². The number of benzene rings is 2. The highest BCUT2D eigenvalue weighted by Crippen LogP contribution is 2.18.